The van der Waals surface area contributed by atoms with E-state index >= 15 is 0 Å². The Morgan fingerprint density at radius 2 is 0.936 bits per heavy atom. The molecule has 8 heteroatoms. The monoisotopic (exact) mass is 648 g/mol. The van der Waals surface area contributed by atoms with E-state index < -0.39 is 21.4 Å². The minimum atomic E-state index is -0.716. The van der Waals surface area contributed by atoms with Crippen molar-refractivity contribution < 1.29 is 18.9 Å². The van der Waals surface area contributed by atoms with Gasteiger partial charge in [0, 0.05) is 30.6 Å². The second-order valence-corrected chi connectivity index (χ2v) is 15.4. The van der Waals surface area contributed by atoms with Crippen molar-refractivity contribution in [1.82, 2.24) is 0 Å². The molecule has 2 aromatic rings. The molecule has 2 saturated heterocycles. The zero-order valence-electron chi connectivity index (χ0n) is 30.2. The van der Waals surface area contributed by atoms with Crippen LogP contribution in [0.15, 0.2) is 36.4 Å². The lowest BCUT2D eigenvalue weighted by atomic mass is 9.92. The maximum absolute atomic E-state index is 14.4. The number of amides is 2. The van der Waals surface area contributed by atoms with E-state index in [1.165, 1.54) is 0 Å². The molecule has 2 aliphatic rings. The summed E-state index contributed by atoms with van der Waals surface area (Å²) in [5, 5.41) is 35.3. The highest BCUT2D eigenvalue weighted by atomic mass is 16.6. The summed E-state index contributed by atoms with van der Waals surface area (Å²) in [4.78, 5) is 27.8. The van der Waals surface area contributed by atoms with Crippen LogP contribution < -0.4 is 10.6 Å². The molecule has 260 valence electrons. The van der Waals surface area contributed by atoms with Gasteiger partial charge in [-0.15, -0.1) is 0 Å². The Morgan fingerprint density at radius 3 is 1.23 bits per heavy atom. The molecule has 8 nitrogen and oxygen atoms in total. The number of quaternary nitrogens is 2. The number of nitrogens with one attached hydrogen (secondary N) is 2. The van der Waals surface area contributed by atoms with Crippen LogP contribution in [-0.4, -0.2) is 59.4 Å². The summed E-state index contributed by atoms with van der Waals surface area (Å²) >= 11 is 0. The minimum Gasteiger partial charge on any atom is -0.632 e. The van der Waals surface area contributed by atoms with Gasteiger partial charge in [-0.2, -0.15) is 0 Å². The lowest BCUT2D eigenvalue weighted by molar-refractivity contribution is -0.919. The molecule has 2 heterocycles. The van der Waals surface area contributed by atoms with Gasteiger partial charge in [0.15, 0.2) is 12.1 Å². The average molecular weight is 649 g/mol. The maximum atomic E-state index is 14.4. The number of carbonyl (C=O) groups excluding carboxylic acids is 2. The topological polar surface area (TPSA) is 104 Å². The van der Waals surface area contributed by atoms with Crippen molar-refractivity contribution in [2.45, 2.75) is 136 Å². The largest absolute Gasteiger partial charge is 0.632 e. The van der Waals surface area contributed by atoms with Gasteiger partial charge in [-0.1, -0.05) is 91.8 Å². The number of hydrogen-bond acceptors (Lipinski definition) is 4. The number of anilines is 2. The highest BCUT2D eigenvalue weighted by Crippen LogP contribution is 2.36. The number of hydrogen-bond donors (Lipinski definition) is 2. The summed E-state index contributed by atoms with van der Waals surface area (Å²) in [6.45, 7) is 18.1. The first-order chi connectivity index (χ1) is 22.2. The van der Waals surface area contributed by atoms with Gasteiger partial charge in [0.05, 0.1) is 26.2 Å². The van der Waals surface area contributed by atoms with Crippen molar-refractivity contribution in [3.8, 4) is 0 Å². The Morgan fingerprint density at radius 1 is 0.617 bits per heavy atom. The van der Waals surface area contributed by atoms with Crippen LogP contribution in [0.3, 0.4) is 0 Å². The van der Waals surface area contributed by atoms with Gasteiger partial charge >= 0.3 is 0 Å². The molecule has 2 aliphatic heterocycles. The fourth-order valence-electron chi connectivity index (χ4n) is 7.85. The molecular weight excluding hydrogens is 588 g/mol. The van der Waals surface area contributed by atoms with Gasteiger partial charge in [0.2, 0.25) is 0 Å². The minimum absolute atomic E-state index is 0.200. The van der Waals surface area contributed by atoms with Crippen LogP contribution in [0, 0.1) is 10.4 Å². The molecule has 4 atom stereocenters. The first-order valence-corrected chi connectivity index (χ1v) is 18.2. The Bertz CT molecular complexity index is 1230. The fraction of sp³-hybridized carbons (Fsp3) is 0.641. The molecule has 0 spiro atoms. The third kappa shape index (κ3) is 8.45. The van der Waals surface area contributed by atoms with E-state index in [0.29, 0.717) is 32.4 Å². The van der Waals surface area contributed by atoms with Crippen molar-refractivity contribution in [3.05, 3.63) is 69.1 Å². The normalized spacial score (nSPS) is 25.1. The van der Waals surface area contributed by atoms with E-state index in [1.54, 1.807) is 0 Å². The summed E-state index contributed by atoms with van der Waals surface area (Å²) in [5.74, 6) is 0.462. The maximum Gasteiger partial charge on any atom is 0.283 e. The van der Waals surface area contributed by atoms with Gasteiger partial charge in [0.1, 0.15) is 0 Å². The summed E-state index contributed by atoms with van der Waals surface area (Å²) in [7, 11) is 0. The van der Waals surface area contributed by atoms with Crippen molar-refractivity contribution in [2.75, 3.05) is 36.8 Å². The number of para-hydroxylation sites is 2. The number of hydroxylamine groups is 6. The number of benzene rings is 2. The van der Waals surface area contributed by atoms with Crippen molar-refractivity contribution in [3.63, 3.8) is 0 Å². The molecule has 2 fully saturated rings. The highest BCUT2D eigenvalue weighted by molar-refractivity contribution is 5.96. The van der Waals surface area contributed by atoms with E-state index in [9.17, 15) is 20.0 Å². The van der Waals surface area contributed by atoms with Gasteiger partial charge in [0.25, 0.3) is 11.8 Å². The molecule has 4 rings (SSSR count). The number of nitrogens with zero attached hydrogens (tertiary/aromatic N) is 2. The predicted molar refractivity (Wildman–Crippen MR) is 193 cm³/mol. The molecule has 2 N–H and O–H groups in total. The predicted octanol–water partition coefficient (Wildman–Crippen LogP) is 8.88. The van der Waals surface area contributed by atoms with Gasteiger partial charge in [-0.3, -0.25) is 9.59 Å². The zero-order valence-corrected chi connectivity index (χ0v) is 30.2. The smallest absolute Gasteiger partial charge is 0.283 e. The Labute approximate surface area is 283 Å². The number of likely N-dealkylation sites (tertiary alicyclic amines) is 2. The highest BCUT2D eigenvalue weighted by Gasteiger charge is 2.41. The van der Waals surface area contributed by atoms with Crippen molar-refractivity contribution in [1.29, 1.82) is 0 Å². The molecule has 0 saturated carbocycles. The molecule has 0 bridgehead atoms. The summed E-state index contributed by atoms with van der Waals surface area (Å²) in [6.07, 6.45) is 4.65. The lowest BCUT2D eigenvalue weighted by Gasteiger charge is -2.53. The van der Waals surface area contributed by atoms with Crippen LogP contribution in [0.25, 0.3) is 0 Å². The second-order valence-electron chi connectivity index (χ2n) is 15.4. The van der Waals surface area contributed by atoms with E-state index in [-0.39, 0.29) is 48.6 Å². The standard InChI is InChI=1S/C39H60N4O4/c1-26(2)30-16-13-17-31(27(3)4)36(30)40-38(44)34-20-9-11-22-42(34,46)24-15-25-43(47)23-12-10-21-35(43)39(45)41-37-32(28(5)6)18-14-19-33(37)29(7)8/h13-14,16-19,26-29,34-35H,9-12,15,20-25H2,1-8H3,(H,40,44)(H,41,45)/t34-,35-,42+,43+/m1/s1. The average Bonchev–Trinajstić information content (AvgIpc) is 3.00. The van der Waals surface area contributed by atoms with Gasteiger partial charge < -0.3 is 30.3 Å². The number of rotatable bonds is 12. The number of carbonyl (C=O) groups is 2. The molecule has 2 amide bonds. The van der Waals surface area contributed by atoms with Crippen molar-refractivity contribution in [2.24, 2.45) is 0 Å². The molecule has 0 unspecified atom stereocenters. The first-order valence-electron chi connectivity index (χ1n) is 18.2. The summed E-state index contributed by atoms with van der Waals surface area (Å²) < 4.78 is -1.22. The lowest BCUT2D eigenvalue weighted by Crippen LogP contribution is -2.61. The second kappa shape index (κ2) is 15.6. The quantitative estimate of drug-likeness (QED) is 0.177. The SMILES string of the molecule is CC(C)c1cccc(C(C)C)c1NC(=O)[C@H]1CCCC[N@+]1([O-])CCC[N@@+]1([O-])CCCC[C@@H]1C(=O)Nc1c(C(C)C)cccc1C(C)C. The van der Waals surface area contributed by atoms with E-state index in [2.05, 4.69) is 90.3 Å². The van der Waals surface area contributed by atoms with Crippen molar-refractivity contribution >= 4 is 23.2 Å². The van der Waals surface area contributed by atoms with Crippen LogP contribution in [0.4, 0.5) is 11.4 Å². The van der Waals surface area contributed by atoms with Gasteiger partial charge in [-0.25, -0.2) is 0 Å². The first kappa shape index (κ1) is 37.0. The zero-order chi connectivity index (χ0) is 34.5. The summed E-state index contributed by atoms with van der Waals surface area (Å²) in [5.41, 5.74) is 5.98. The molecule has 47 heavy (non-hydrogen) atoms. The van der Waals surface area contributed by atoms with Crippen LogP contribution in [-0.2, 0) is 9.59 Å². The van der Waals surface area contributed by atoms with Crippen LogP contribution in [0.5, 0.6) is 0 Å². The third-order valence-electron chi connectivity index (χ3n) is 10.6. The molecule has 0 aromatic heterocycles. The van der Waals surface area contributed by atoms with E-state index in [1.807, 2.05) is 12.1 Å². The Balaban J connectivity index is 1.49. The Hall–Kier alpha value is -2.78. The fourth-order valence-corrected chi connectivity index (χ4v) is 7.85. The van der Waals surface area contributed by atoms with Crippen LogP contribution >= 0.6 is 0 Å². The molecular formula is C39H60N4O4. The van der Waals surface area contributed by atoms with E-state index in [0.717, 1.165) is 59.3 Å². The number of piperidine rings is 2. The summed E-state index contributed by atoms with van der Waals surface area (Å²) in [6, 6.07) is 10.9. The third-order valence-corrected chi connectivity index (χ3v) is 10.6. The molecule has 2 aromatic carbocycles. The van der Waals surface area contributed by atoms with E-state index in [4.69, 9.17) is 0 Å². The van der Waals surface area contributed by atoms with Crippen LogP contribution in [0.1, 0.15) is 146 Å². The molecule has 0 aliphatic carbocycles. The van der Waals surface area contributed by atoms with Crippen LogP contribution in [0.2, 0.25) is 0 Å². The molecule has 0 radical (unpaired) electrons. The van der Waals surface area contributed by atoms with Gasteiger partial charge in [-0.05, 0) is 71.6 Å². The Kier molecular flexibility index (Phi) is 12.3.